The molecular formula is C16H22N2O3. The fraction of sp³-hybridized carbons (Fsp3) is 0.500. The molecule has 2 amide bonds. The number of morpholine rings is 1. The van der Waals surface area contributed by atoms with Crippen LogP contribution in [0.3, 0.4) is 0 Å². The van der Waals surface area contributed by atoms with Gasteiger partial charge in [0.15, 0.2) is 0 Å². The highest BCUT2D eigenvalue weighted by molar-refractivity contribution is 5.99. The highest BCUT2D eigenvalue weighted by atomic mass is 16.5. The van der Waals surface area contributed by atoms with Crippen LogP contribution in [-0.2, 0) is 4.74 Å². The van der Waals surface area contributed by atoms with Gasteiger partial charge in [0, 0.05) is 30.8 Å². The molecular weight excluding hydrogens is 268 g/mol. The minimum atomic E-state index is -0.139. The van der Waals surface area contributed by atoms with Gasteiger partial charge in [-0.05, 0) is 24.1 Å². The fourth-order valence-electron chi connectivity index (χ4n) is 2.14. The lowest BCUT2D eigenvalue weighted by Crippen LogP contribution is -2.40. The Morgan fingerprint density at radius 3 is 2.57 bits per heavy atom. The van der Waals surface area contributed by atoms with Gasteiger partial charge >= 0.3 is 0 Å². The summed E-state index contributed by atoms with van der Waals surface area (Å²) in [7, 11) is 0. The SMILES string of the molecule is CC(C)CNC(=O)c1cccc(C(=O)N2CCOCC2)c1. The van der Waals surface area contributed by atoms with Crippen LogP contribution in [0.25, 0.3) is 0 Å². The van der Waals surface area contributed by atoms with Gasteiger partial charge < -0.3 is 15.0 Å². The summed E-state index contributed by atoms with van der Waals surface area (Å²) in [6.45, 7) is 7.05. The number of rotatable bonds is 4. The molecule has 1 aromatic rings. The number of nitrogens with zero attached hydrogens (tertiary/aromatic N) is 1. The normalized spacial score (nSPS) is 15.1. The second-order valence-corrected chi connectivity index (χ2v) is 5.59. The van der Waals surface area contributed by atoms with E-state index >= 15 is 0 Å². The van der Waals surface area contributed by atoms with E-state index in [4.69, 9.17) is 4.74 Å². The van der Waals surface area contributed by atoms with E-state index in [2.05, 4.69) is 5.32 Å². The van der Waals surface area contributed by atoms with Gasteiger partial charge in [0.05, 0.1) is 13.2 Å². The minimum Gasteiger partial charge on any atom is -0.378 e. The van der Waals surface area contributed by atoms with Crippen LogP contribution < -0.4 is 5.32 Å². The summed E-state index contributed by atoms with van der Waals surface area (Å²) in [4.78, 5) is 26.2. The molecule has 0 radical (unpaired) electrons. The highest BCUT2D eigenvalue weighted by Crippen LogP contribution is 2.10. The molecule has 0 spiro atoms. The average Bonchev–Trinajstić information content (AvgIpc) is 2.52. The summed E-state index contributed by atoms with van der Waals surface area (Å²) < 4.78 is 5.24. The van der Waals surface area contributed by atoms with Crippen molar-refractivity contribution in [3.63, 3.8) is 0 Å². The molecule has 0 aliphatic carbocycles. The summed E-state index contributed by atoms with van der Waals surface area (Å²) in [5.74, 6) is 0.212. The van der Waals surface area contributed by atoms with Crippen molar-refractivity contribution >= 4 is 11.8 Å². The van der Waals surface area contributed by atoms with E-state index < -0.39 is 0 Å². The fourth-order valence-corrected chi connectivity index (χ4v) is 2.14. The summed E-state index contributed by atoms with van der Waals surface area (Å²) in [5.41, 5.74) is 1.07. The maximum atomic E-state index is 12.4. The Morgan fingerprint density at radius 1 is 1.24 bits per heavy atom. The molecule has 5 heteroatoms. The number of hydrogen-bond acceptors (Lipinski definition) is 3. The number of carbonyl (C=O) groups excluding carboxylic acids is 2. The van der Waals surface area contributed by atoms with Crippen molar-refractivity contribution in [3.8, 4) is 0 Å². The molecule has 114 valence electrons. The van der Waals surface area contributed by atoms with E-state index in [-0.39, 0.29) is 11.8 Å². The van der Waals surface area contributed by atoms with Crippen LogP contribution in [0.15, 0.2) is 24.3 Å². The first-order valence-corrected chi connectivity index (χ1v) is 7.33. The summed E-state index contributed by atoms with van der Waals surface area (Å²) in [6, 6.07) is 6.88. The quantitative estimate of drug-likeness (QED) is 0.915. The lowest BCUT2D eigenvalue weighted by Gasteiger charge is -2.27. The molecule has 0 bridgehead atoms. The molecule has 1 heterocycles. The molecule has 0 saturated carbocycles. The molecule has 1 saturated heterocycles. The molecule has 5 nitrogen and oxygen atoms in total. The number of nitrogens with one attached hydrogen (secondary N) is 1. The first-order valence-electron chi connectivity index (χ1n) is 7.33. The average molecular weight is 290 g/mol. The van der Waals surface area contributed by atoms with Crippen LogP contribution in [0.1, 0.15) is 34.6 Å². The maximum absolute atomic E-state index is 12.4. The Morgan fingerprint density at radius 2 is 1.90 bits per heavy atom. The summed E-state index contributed by atoms with van der Waals surface area (Å²) >= 11 is 0. The Hall–Kier alpha value is -1.88. The third-order valence-electron chi connectivity index (χ3n) is 3.34. The molecule has 1 aromatic carbocycles. The molecule has 1 aliphatic heterocycles. The van der Waals surface area contributed by atoms with Crippen molar-refractivity contribution < 1.29 is 14.3 Å². The van der Waals surface area contributed by atoms with Gasteiger partial charge in [-0.1, -0.05) is 19.9 Å². The van der Waals surface area contributed by atoms with E-state index in [1.807, 2.05) is 13.8 Å². The van der Waals surface area contributed by atoms with Crippen LogP contribution in [0.2, 0.25) is 0 Å². The first kappa shape index (κ1) is 15.5. The van der Waals surface area contributed by atoms with Crippen molar-refractivity contribution in [1.82, 2.24) is 10.2 Å². The van der Waals surface area contributed by atoms with Gasteiger partial charge in [0.25, 0.3) is 11.8 Å². The van der Waals surface area contributed by atoms with Crippen molar-refractivity contribution in [1.29, 1.82) is 0 Å². The van der Waals surface area contributed by atoms with E-state index in [1.54, 1.807) is 29.2 Å². The second-order valence-electron chi connectivity index (χ2n) is 5.59. The first-order chi connectivity index (χ1) is 10.1. The van der Waals surface area contributed by atoms with Crippen LogP contribution in [0.5, 0.6) is 0 Å². The lowest BCUT2D eigenvalue weighted by molar-refractivity contribution is 0.0303. The molecule has 2 rings (SSSR count). The Labute approximate surface area is 125 Å². The Bertz CT molecular complexity index is 508. The molecule has 1 N–H and O–H groups in total. The second kappa shape index (κ2) is 7.22. The van der Waals surface area contributed by atoms with Crippen molar-refractivity contribution in [2.24, 2.45) is 5.92 Å². The molecule has 0 unspecified atom stereocenters. The molecule has 1 fully saturated rings. The number of hydrogen-bond donors (Lipinski definition) is 1. The summed E-state index contributed by atoms with van der Waals surface area (Å²) in [5, 5.41) is 2.86. The van der Waals surface area contributed by atoms with Crippen LogP contribution in [-0.4, -0.2) is 49.6 Å². The predicted octanol–water partition coefficient (Wildman–Crippen LogP) is 1.54. The van der Waals surface area contributed by atoms with E-state index in [0.29, 0.717) is 49.9 Å². The molecule has 1 aliphatic rings. The topological polar surface area (TPSA) is 58.6 Å². The van der Waals surface area contributed by atoms with Crippen molar-refractivity contribution in [2.45, 2.75) is 13.8 Å². The van der Waals surface area contributed by atoms with Crippen LogP contribution >= 0.6 is 0 Å². The van der Waals surface area contributed by atoms with E-state index in [1.165, 1.54) is 0 Å². The Balaban J connectivity index is 2.06. The molecule has 0 atom stereocenters. The van der Waals surface area contributed by atoms with Crippen molar-refractivity contribution in [2.75, 3.05) is 32.8 Å². The third kappa shape index (κ3) is 4.29. The van der Waals surface area contributed by atoms with Gasteiger partial charge in [-0.2, -0.15) is 0 Å². The number of benzene rings is 1. The number of ether oxygens (including phenoxy) is 1. The van der Waals surface area contributed by atoms with Crippen molar-refractivity contribution in [3.05, 3.63) is 35.4 Å². The van der Waals surface area contributed by atoms with Crippen LogP contribution in [0, 0.1) is 5.92 Å². The number of carbonyl (C=O) groups is 2. The van der Waals surface area contributed by atoms with Gasteiger partial charge in [-0.25, -0.2) is 0 Å². The van der Waals surface area contributed by atoms with Gasteiger partial charge in [0.2, 0.25) is 0 Å². The standard InChI is InChI=1S/C16H22N2O3/c1-12(2)11-17-15(19)13-4-3-5-14(10-13)16(20)18-6-8-21-9-7-18/h3-5,10,12H,6-9,11H2,1-2H3,(H,17,19). The van der Waals surface area contributed by atoms with Crippen LogP contribution in [0.4, 0.5) is 0 Å². The Kier molecular flexibility index (Phi) is 5.33. The summed E-state index contributed by atoms with van der Waals surface area (Å²) in [6.07, 6.45) is 0. The van der Waals surface area contributed by atoms with Gasteiger partial charge in [-0.3, -0.25) is 9.59 Å². The highest BCUT2D eigenvalue weighted by Gasteiger charge is 2.19. The largest absolute Gasteiger partial charge is 0.378 e. The number of amides is 2. The molecule has 0 aromatic heterocycles. The van der Waals surface area contributed by atoms with Gasteiger partial charge in [0.1, 0.15) is 0 Å². The maximum Gasteiger partial charge on any atom is 0.254 e. The smallest absolute Gasteiger partial charge is 0.254 e. The zero-order chi connectivity index (χ0) is 15.2. The zero-order valence-corrected chi connectivity index (χ0v) is 12.6. The van der Waals surface area contributed by atoms with E-state index in [9.17, 15) is 9.59 Å². The monoisotopic (exact) mass is 290 g/mol. The molecule has 21 heavy (non-hydrogen) atoms. The third-order valence-corrected chi connectivity index (χ3v) is 3.34. The lowest BCUT2D eigenvalue weighted by atomic mass is 10.1. The predicted molar refractivity (Wildman–Crippen MR) is 80.3 cm³/mol. The van der Waals surface area contributed by atoms with E-state index in [0.717, 1.165) is 0 Å². The van der Waals surface area contributed by atoms with Gasteiger partial charge in [-0.15, -0.1) is 0 Å². The minimum absolute atomic E-state index is 0.0446. The zero-order valence-electron chi connectivity index (χ0n) is 12.6.